The summed E-state index contributed by atoms with van der Waals surface area (Å²) in [7, 11) is 0. The maximum atomic E-state index is 10.7. The number of hydrogen-bond acceptors (Lipinski definition) is 3. The van der Waals surface area contributed by atoms with Crippen LogP contribution in [0.1, 0.15) is 18.4 Å². The average molecular weight is 209 g/mol. The van der Waals surface area contributed by atoms with Gasteiger partial charge in [-0.1, -0.05) is 0 Å². The van der Waals surface area contributed by atoms with Gasteiger partial charge in [-0.05, 0) is 54.2 Å². The molecule has 1 atom stereocenters. The van der Waals surface area contributed by atoms with Crippen molar-refractivity contribution in [2.75, 3.05) is 19.6 Å². The van der Waals surface area contributed by atoms with E-state index in [1.165, 1.54) is 13.1 Å². The third kappa shape index (κ3) is 1.16. The van der Waals surface area contributed by atoms with Gasteiger partial charge in [0.1, 0.15) is 5.60 Å². The molecule has 2 nitrogen and oxygen atoms in total. The maximum Gasteiger partial charge on any atom is 0.106 e. The Morgan fingerprint density at radius 1 is 1.43 bits per heavy atom. The van der Waals surface area contributed by atoms with Gasteiger partial charge in [-0.15, -0.1) is 0 Å². The lowest BCUT2D eigenvalue weighted by molar-refractivity contribution is -0.117. The highest BCUT2D eigenvalue weighted by atomic mass is 32.1. The zero-order valence-corrected chi connectivity index (χ0v) is 8.96. The molecule has 3 aliphatic heterocycles. The summed E-state index contributed by atoms with van der Waals surface area (Å²) in [5, 5.41) is 14.8. The third-order valence-corrected chi connectivity index (χ3v) is 4.43. The van der Waals surface area contributed by atoms with Crippen LogP contribution in [0.5, 0.6) is 0 Å². The minimum atomic E-state index is -0.545. The first-order valence-corrected chi connectivity index (χ1v) is 6.21. The molecular formula is C11H15NOS. The second-order valence-electron chi connectivity index (χ2n) is 4.49. The van der Waals surface area contributed by atoms with Gasteiger partial charge in [0, 0.05) is 6.54 Å². The fraction of sp³-hybridized carbons (Fsp3) is 0.636. The van der Waals surface area contributed by atoms with Gasteiger partial charge in [-0.25, -0.2) is 0 Å². The fourth-order valence-electron chi connectivity index (χ4n) is 2.88. The molecule has 76 valence electrons. The molecule has 1 aromatic heterocycles. The van der Waals surface area contributed by atoms with E-state index in [1.807, 2.05) is 0 Å². The number of thiophene rings is 1. The van der Waals surface area contributed by atoms with Crippen molar-refractivity contribution in [3.8, 4) is 0 Å². The third-order valence-electron chi connectivity index (χ3n) is 3.75. The van der Waals surface area contributed by atoms with E-state index >= 15 is 0 Å². The predicted molar refractivity (Wildman–Crippen MR) is 57.4 cm³/mol. The highest BCUT2D eigenvalue weighted by molar-refractivity contribution is 7.08. The number of aliphatic hydroxyl groups is 1. The van der Waals surface area contributed by atoms with E-state index in [4.69, 9.17) is 0 Å². The fourth-order valence-corrected chi connectivity index (χ4v) is 3.61. The largest absolute Gasteiger partial charge is 0.383 e. The molecule has 0 radical (unpaired) electrons. The molecule has 0 spiro atoms. The van der Waals surface area contributed by atoms with E-state index in [0.29, 0.717) is 5.92 Å². The predicted octanol–water partition coefficient (Wildman–Crippen LogP) is 1.66. The standard InChI is InChI=1S/C11H15NOS/c13-11(10-3-6-14-7-10)8-12-4-1-9(11)2-5-12/h3,6-7,9,13H,1-2,4-5,8H2. The second-order valence-corrected chi connectivity index (χ2v) is 5.27. The molecule has 4 rings (SSSR count). The summed E-state index contributed by atoms with van der Waals surface area (Å²) in [6.07, 6.45) is 2.32. The van der Waals surface area contributed by atoms with Crippen LogP contribution in [0.15, 0.2) is 16.8 Å². The first kappa shape index (κ1) is 8.89. The second kappa shape index (κ2) is 3.05. The van der Waals surface area contributed by atoms with Crippen LogP contribution in [0.25, 0.3) is 0 Å². The molecule has 4 heterocycles. The normalized spacial score (nSPS) is 41.5. The summed E-state index contributed by atoms with van der Waals surface area (Å²) in [5.74, 6) is 0.488. The van der Waals surface area contributed by atoms with Crippen molar-refractivity contribution in [3.63, 3.8) is 0 Å². The maximum absolute atomic E-state index is 10.7. The van der Waals surface area contributed by atoms with Crippen LogP contribution in [0, 0.1) is 5.92 Å². The highest BCUT2D eigenvalue weighted by Crippen LogP contribution is 2.42. The SMILES string of the molecule is OC1(c2ccsc2)CN2CCC1CC2. The van der Waals surface area contributed by atoms with E-state index < -0.39 is 5.60 Å². The lowest BCUT2D eigenvalue weighted by atomic mass is 9.72. The number of piperidine rings is 3. The summed E-state index contributed by atoms with van der Waals surface area (Å²) in [6.45, 7) is 3.20. The molecule has 0 saturated carbocycles. The van der Waals surface area contributed by atoms with Crippen LogP contribution in [-0.2, 0) is 5.60 Å². The minimum absolute atomic E-state index is 0.488. The zero-order chi connectivity index (χ0) is 9.60. The smallest absolute Gasteiger partial charge is 0.106 e. The van der Waals surface area contributed by atoms with E-state index in [2.05, 4.69) is 21.7 Å². The Morgan fingerprint density at radius 3 is 2.71 bits per heavy atom. The molecule has 0 aromatic carbocycles. The van der Waals surface area contributed by atoms with Crippen LogP contribution in [0.4, 0.5) is 0 Å². The van der Waals surface area contributed by atoms with Gasteiger partial charge in [-0.2, -0.15) is 11.3 Å². The van der Waals surface area contributed by atoms with Crippen molar-refractivity contribution in [2.45, 2.75) is 18.4 Å². The molecule has 14 heavy (non-hydrogen) atoms. The summed E-state index contributed by atoms with van der Waals surface area (Å²) in [4.78, 5) is 2.39. The first-order valence-electron chi connectivity index (χ1n) is 5.26. The first-order chi connectivity index (χ1) is 6.79. The Bertz CT molecular complexity index is 316. The molecule has 3 aliphatic rings. The van der Waals surface area contributed by atoms with E-state index in [-0.39, 0.29) is 0 Å². The quantitative estimate of drug-likeness (QED) is 0.760. The number of nitrogens with zero attached hydrogens (tertiary/aromatic N) is 1. The van der Waals surface area contributed by atoms with Crippen molar-refractivity contribution in [2.24, 2.45) is 5.92 Å². The number of rotatable bonds is 1. The Kier molecular flexibility index (Phi) is 1.94. The minimum Gasteiger partial charge on any atom is -0.383 e. The number of fused-ring (bicyclic) bond motifs is 3. The van der Waals surface area contributed by atoms with Gasteiger partial charge in [0.15, 0.2) is 0 Å². The van der Waals surface area contributed by atoms with E-state index in [9.17, 15) is 5.11 Å². The van der Waals surface area contributed by atoms with Gasteiger partial charge >= 0.3 is 0 Å². The molecule has 0 aliphatic carbocycles. The van der Waals surface area contributed by atoms with E-state index in [1.54, 1.807) is 11.3 Å². The average Bonchev–Trinajstić information content (AvgIpc) is 2.72. The van der Waals surface area contributed by atoms with Crippen molar-refractivity contribution < 1.29 is 5.11 Å². The zero-order valence-electron chi connectivity index (χ0n) is 8.15. The van der Waals surface area contributed by atoms with Crippen LogP contribution < -0.4 is 0 Å². The molecular weight excluding hydrogens is 194 g/mol. The summed E-state index contributed by atoms with van der Waals surface area (Å²) >= 11 is 1.68. The van der Waals surface area contributed by atoms with Gasteiger partial charge in [0.2, 0.25) is 0 Å². The molecule has 2 bridgehead atoms. The van der Waals surface area contributed by atoms with Crippen LogP contribution >= 0.6 is 11.3 Å². The van der Waals surface area contributed by atoms with Crippen molar-refractivity contribution in [3.05, 3.63) is 22.4 Å². The molecule has 3 saturated heterocycles. The lowest BCUT2D eigenvalue weighted by Crippen LogP contribution is -2.56. The molecule has 3 heteroatoms. The highest BCUT2D eigenvalue weighted by Gasteiger charge is 2.46. The topological polar surface area (TPSA) is 23.5 Å². The van der Waals surface area contributed by atoms with Gasteiger partial charge in [0.25, 0.3) is 0 Å². The van der Waals surface area contributed by atoms with Crippen LogP contribution in [-0.4, -0.2) is 29.6 Å². The van der Waals surface area contributed by atoms with Crippen molar-refractivity contribution in [1.29, 1.82) is 0 Å². The van der Waals surface area contributed by atoms with Gasteiger partial charge < -0.3 is 10.0 Å². The summed E-state index contributed by atoms with van der Waals surface area (Å²) in [5.41, 5.74) is 0.591. The Morgan fingerprint density at radius 2 is 2.21 bits per heavy atom. The van der Waals surface area contributed by atoms with Crippen LogP contribution in [0.3, 0.4) is 0 Å². The monoisotopic (exact) mass is 209 g/mol. The molecule has 0 amide bonds. The Labute approximate surface area is 88.2 Å². The van der Waals surface area contributed by atoms with Crippen molar-refractivity contribution >= 4 is 11.3 Å². The molecule has 1 aromatic rings. The van der Waals surface area contributed by atoms with Gasteiger partial charge in [-0.3, -0.25) is 0 Å². The van der Waals surface area contributed by atoms with E-state index in [0.717, 1.165) is 24.9 Å². The summed E-state index contributed by atoms with van der Waals surface area (Å²) in [6, 6.07) is 2.08. The molecule has 3 fully saturated rings. The van der Waals surface area contributed by atoms with Gasteiger partial charge in [0.05, 0.1) is 0 Å². The Hall–Kier alpha value is -0.380. The molecule has 1 unspecified atom stereocenters. The molecule has 1 N–H and O–H groups in total. The Balaban J connectivity index is 1.96. The van der Waals surface area contributed by atoms with Crippen LogP contribution in [0.2, 0.25) is 0 Å². The number of hydrogen-bond donors (Lipinski definition) is 1. The summed E-state index contributed by atoms with van der Waals surface area (Å²) < 4.78 is 0. The lowest BCUT2D eigenvalue weighted by Gasteiger charge is -2.50. The van der Waals surface area contributed by atoms with Crippen molar-refractivity contribution in [1.82, 2.24) is 4.90 Å².